The smallest absolute Gasteiger partial charge is 0.310 e. The third-order valence-corrected chi connectivity index (χ3v) is 8.53. The highest BCUT2D eigenvalue weighted by molar-refractivity contribution is 8.45. The van der Waals surface area contributed by atoms with Gasteiger partial charge in [0.1, 0.15) is 16.7 Å². The van der Waals surface area contributed by atoms with Crippen molar-refractivity contribution in [1.29, 1.82) is 0 Å². The number of benzene rings is 1. The molecule has 1 aromatic carbocycles. The Kier molecular flexibility index (Phi) is 7.77. The first-order valence-corrected chi connectivity index (χ1v) is 14.9. The fraction of sp³-hybridized carbons (Fsp3) is 0.500. The molecule has 0 radical (unpaired) electrons. The number of hydrogen-bond donors (Lipinski definition) is 3. The van der Waals surface area contributed by atoms with E-state index in [0.717, 1.165) is 4.90 Å². The molecule has 0 spiro atoms. The molecule has 42 heavy (non-hydrogen) atoms. The van der Waals surface area contributed by atoms with Crippen LogP contribution in [0.3, 0.4) is 0 Å². The average Bonchev–Trinajstić information content (AvgIpc) is 3.26. The summed E-state index contributed by atoms with van der Waals surface area (Å²) in [5, 5.41) is 15.9. The van der Waals surface area contributed by atoms with E-state index in [2.05, 4.69) is 15.6 Å². The van der Waals surface area contributed by atoms with Crippen molar-refractivity contribution < 1.29 is 47.6 Å². The summed E-state index contributed by atoms with van der Waals surface area (Å²) in [4.78, 5) is 30.5. The number of carbonyl (C=O) groups is 2. The van der Waals surface area contributed by atoms with Gasteiger partial charge in [0.2, 0.25) is 17.7 Å². The van der Waals surface area contributed by atoms with Gasteiger partial charge in [-0.25, -0.2) is 8.78 Å². The highest BCUT2D eigenvalue weighted by Crippen LogP contribution is 3.02. The summed E-state index contributed by atoms with van der Waals surface area (Å²) in [6.07, 6.45) is 1.26. The van der Waals surface area contributed by atoms with Gasteiger partial charge in [-0.15, -0.1) is 0 Å². The van der Waals surface area contributed by atoms with Crippen LogP contribution in [0.25, 0.3) is 0 Å². The Morgan fingerprint density at radius 2 is 1.74 bits per heavy atom. The minimum atomic E-state index is -10.1. The molecule has 1 saturated carbocycles. The van der Waals surface area contributed by atoms with Crippen molar-refractivity contribution in [2.45, 2.75) is 73.6 Å². The van der Waals surface area contributed by atoms with Crippen LogP contribution in [-0.4, -0.2) is 59.2 Å². The standard InChI is InChI=1S/C26H31F7N4O4S/c1-25(40)13-20(35-15-25)24(39)37(17-3-5-18(6-4-17)42(29,30,31,32)33)22(19-14-34-12-9-21(19)41-2)23(38)36-16-7-10-26(27,28)11-8-16/h3-6,9,12,14,16,20,22,35,40H,7-8,10-11,13,15H2,1-2H3,(H,36,38)/t20-,22?,25-/m1/s1. The number of aliphatic hydroxyl groups is 1. The van der Waals surface area contributed by atoms with Crippen molar-refractivity contribution in [3.05, 3.63) is 48.3 Å². The maximum absolute atomic E-state index is 14.0. The zero-order valence-electron chi connectivity index (χ0n) is 22.6. The Balaban J connectivity index is 1.82. The largest absolute Gasteiger partial charge is 0.496 e. The van der Waals surface area contributed by atoms with E-state index in [1.165, 1.54) is 32.5 Å². The van der Waals surface area contributed by atoms with Gasteiger partial charge in [-0.3, -0.25) is 19.5 Å². The van der Waals surface area contributed by atoms with Gasteiger partial charge in [-0.2, -0.15) is 0 Å². The number of methoxy groups -OCH3 is 1. The molecule has 2 aliphatic rings. The van der Waals surface area contributed by atoms with Crippen molar-refractivity contribution in [1.82, 2.24) is 15.6 Å². The van der Waals surface area contributed by atoms with Crippen LogP contribution in [0.2, 0.25) is 0 Å². The topological polar surface area (TPSA) is 104 Å². The maximum Gasteiger partial charge on any atom is 0.310 e. The predicted molar refractivity (Wildman–Crippen MR) is 141 cm³/mol. The quantitative estimate of drug-likeness (QED) is 0.328. The van der Waals surface area contributed by atoms with Crippen molar-refractivity contribution >= 4 is 27.7 Å². The molecule has 2 amide bonds. The van der Waals surface area contributed by atoms with Gasteiger partial charge in [0.25, 0.3) is 0 Å². The Bertz CT molecular complexity index is 1330. The molecule has 1 aliphatic carbocycles. The normalized spacial score (nSPS) is 25.1. The molecule has 3 atom stereocenters. The minimum Gasteiger partial charge on any atom is -0.496 e. The third kappa shape index (κ3) is 7.26. The lowest BCUT2D eigenvalue weighted by atomic mass is 9.91. The predicted octanol–water partition coefficient (Wildman–Crippen LogP) is 5.63. The molecule has 2 heterocycles. The molecule has 2 aromatic rings. The third-order valence-electron chi connectivity index (χ3n) is 7.36. The Labute approximate surface area is 237 Å². The number of anilines is 1. The number of rotatable bonds is 8. The molecular weight excluding hydrogens is 597 g/mol. The lowest BCUT2D eigenvalue weighted by Crippen LogP contribution is -2.52. The molecule has 3 N–H and O–H groups in total. The number of amides is 2. The number of ether oxygens (including phenoxy) is 1. The summed E-state index contributed by atoms with van der Waals surface area (Å²) in [7, 11) is -8.81. The van der Waals surface area contributed by atoms with E-state index in [1.54, 1.807) is 0 Å². The Morgan fingerprint density at radius 1 is 1.12 bits per heavy atom. The first kappa shape index (κ1) is 31.8. The summed E-state index contributed by atoms with van der Waals surface area (Å²) in [6, 6.07) is -0.619. The van der Waals surface area contributed by atoms with Gasteiger partial charge < -0.3 is 20.5 Å². The number of aromatic nitrogens is 1. The maximum atomic E-state index is 14.0. The van der Waals surface area contributed by atoms with E-state index in [4.69, 9.17) is 4.74 Å². The monoisotopic (exact) mass is 628 g/mol. The van der Waals surface area contributed by atoms with Gasteiger partial charge in [0, 0.05) is 55.5 Å². The number of alkyl halides is 2. The summed E-state index contributed by atoms with van der Waals surface area (Å²) in [5.74, 6) is -4.58. The van der Waals surface area contributed by atoms with Crippen LogP contribution < -0.4 is 20.3 Å². The van der Waals surface area contributed by atoms with E-state index in [-0.39, 0.29) is 54.9 Å². The summed E-state index contributed by atoms with van der Waals surface area (Å²) in [5.41, 5.74) is -1.69. The second-order valence-corrected chi connectivity index (χ2v) is 13.4. The average molecular weight is 629 g/mol. The highest BCUT2D eigenvalue weighted by atomic mass is 32.5. The van der Waals surface area contributed by atoms with Crippen LogP contribution in [0.15, 0.2) is 47.6 Å². The number of nitrogens with zero attached hydrogens (tertiary/aromatic N) is 2. The molecule has 234 valence electrons. The molecule has 8 nitrogen and oxygen atoms in total. The van der Waals surface area contributed by atoms with Gasteiger partial charge in [-0.05, 0) is 50.1 Å². The molecule has 2 fully saturated rings. The first-order chi connectivity index (χ1) is 19.2. The number of carbonyl (C=O) groups excluding carboxylic acids is 2. The Hall–Kier alpha value is -3.11. The second-order valence-electron chi connectivity index (χ2n) is 11.0. The zero-order valence-corrected chi connectivity index (χ0v) is 23.5. The van der Waals surface area contributed by atoms with Crippen molar-refractivity contribution in [2.75, 3.05) is 18.6 Å². The molecule has 1 aliphatic heterocycles. The van der Waals surface area contributed by atoms with Crippen molar-refractivity contribution in [3.63, 3.8) is 0 Å². The van der Waals surface area contributed by atoms with Crippen LogP contribution in [0, 0.1) is 0 Å². The molecule has 1 saturated heterocycles. The summed E-state index contributed by atoms with van der Waals surface area (Å²) in [6.45, 7) is 1.43. The lowest BCUT2D eigenvalue weighted by molar-refractivity contribution is -0.128. The van der Waals surface area contributed by atoms with E-state index in [1.807, 2.05) is 0 Å². The van der Waals surface area contributed by atoms with Gasteiger partial charge >= 0.3 is 10.2 Å². The molecule has 16 heteroatoms. The van der Waals surface area contributed by atoms with E-state index < -0.39 is 69.4 Å². The molecule has 4 rings (SSSR count). The second kappa shape index (κ2) is 10.3. The van der Waals surface area contributed by atoms with E-state index in [9.17, 15) is 42.9 Å². The SMILES string of the molecule is COc1ccncc1C(C(=O)NC1CCC(F)(F)CC1)N(C(=O)[C@H]1C[C@@](C)(O)CN1)c1ccc(S(F)(F)(F)(F)F)cc1. The lowest BCUT2D eigenvalue weighted by Gasteiger charge is -2.41. The van der Waals surface area contributed by atoms with Gasteiger partial charge in [0.05, 0.1) is 18.8 Å². The molecular formula is C26H31F7N4O4S. The number of β-amino-alcohol motifs (C(OH)–C–C–N with tert-alkyl or cyclic N) is 1. The van der Waals surface area contributed by atoms with E-state index in [0.29, 0.717) is 12.1 Å². The highest BCUT2D eigenvalue weighted by Gasteiger charge is 2.65. The minimum absolute atomic E-state index is 0.00598. The fourth-order valence-electron chi connectivity index (χ4n) is 5.18. The molecule has 1 unspecified atom stereocenters. The number of hydrogen-bond acceptors (Lipinski definition) is 6. The zero-order chi connectivity index (χ0) is 31.2. The van der Waals surface area contributed by atoms with Crippen LogP contribution in [0.4, 0.5) is 33.9 Å². The summed E-state index contributed by atoms with van der Waals surface area (Å²) >= 11 is 0. The first-order valence-electron chi connectivity index (χ1n) is 13.0. The van der Waals surface area contributed by atoms with Crippen LogP contribution >= 0.6 is 10.2 Å². The summed E-state index contributed by atoms with van der Waals surface area (Å²) < 4.78 is 100. The number of pyridine rings is 1. The number of halogens is 7. The van der Waals surface area contributed by atoms with Gasteiger partial charge in [-0.1, -0.05) is 19.4 Å². The van der Waals surface area contributed by atoms with Crippen LogP contribution in [0.1, 0.15) is 50.6 Å². The van der Waals surface area contributed by atoms with Crippen LogP contribution in [-0.2, 0) is 9.59 Å². The van der Waals surface area contributed by atoms with Crippen LogP contribution in [0.5, 0.6) is 5.75 Å². The molecule has 1 aromatic heterocycles. The van der Waals surface area contributed by atoms with Crippen molar-refractivity contribution in [2.24, 2.45) is 0 Å². The molecule has 0 bridgehead atoms. The van der Waals surface area contributed by atoms with Crippen molar-refractivity contribution in [3.8, 4) is 5.75 Å². The number of nitrogens with one attached hydrogen (secondary N) is 2. The fourth-order valence-corrected chi connectivity index (χ4v) is 5.83. The van der Waals surface area contributed by atoms with Gasteiger partial charge in [0.15, 0.2) is 0 Å². The Morgan fingerprint density at radius 3 is 2.26 bits per heavy atom. The van der Waals surface area contributed by atoms with E-state index >= 15 is 0 Å².